The van der Waals surface area contributed by atoms with Crippen LogP contribution in [0.5, 0.6) is 0 Å². The van der Waals surface area contributed by atoms with Gasteiger partial charge in [0.1, 0.15) is 0 Å². The van der Waals surface area contributed by atoms with Crippen molar-refractivity contribution in [3.63, 3.8) is 0 Å². The van der Waals surface area contributed by atoms with Gasteiger partial charge in [-0.05, 0) is 0 Å². The minimum absolute atomic E-state index is 0. The zero-order chi connectivity index (χ0) is 4.50. The van der Waals surface area contributed by atoms with Crippen molar-refractivity contribution in [2.24, 2.45) is 0 Å². The summed E-state index contributed by atoms with van der Waals surface area (Å²) in [5.74, 6) is 0. The van der Waals surface area contributed by atoms with Crippen LogP contribution in [0.3, 0.4) is 0 Å². The van der Waals surface area contributed by atoms with Crippen LogP contribution in [0, 0.1) is 0 Å². The molecule has 0 saturated heterocycles. The number of alkyl halides is 4. The Morgan fingerprint density at radius 3 is 0.750 bits per heavy atom. The summed E-state index contributed by atoms with van der Waals surface area (Å²) in [6.45, 7) is 0. The summed E-state index contributed by atoms with van der Waals surface area (Å²) in [6.07, 6.45) is 0. The van der Waals surface area contributed by atoms with Crippen LogP contribution in [-0.2, 0) is 0 Å². The van der Waals surface area contributed by atoms with Crippen LogP contribution in [0.1, 0.15) is 0 Å². The SMILES string of the molecule is ClC(Cl)(Cl)Cl.[Cl-].[Cl-].[Mg+2]. The first-order valence-electron chi connectivity index (χ1n) is 0.756. The molecule has 0 saturated carbocycles. The summed E-state index contributed by atoms with van der Waals surface area (Å²) in [6, 6.07) is 0. The summed E-state index contributed by atoms with van der Waals surface area (Å²) < 4.78 is -1.61. The van der Waals surface area contributed by atoms with Gasteiger partial charge < -0.3 is 24.8 Å². The molecular formula is CCl6Mg. The van der Waals surface area contributed by atoms with Gasteiger partial charge in [-0.1, -0.05) is 46.4 Å². The van der Waals surface area contributed by atoms with Gasteiger partial charge in [-0.2, -0.15) is 0 Å². The minimum Gasteiger partial charge on any atom is -1.00 e. The Morgan fingerprint density at radius 1 is 0.750 bits per heavy atom. The topological polar surface area (TPSA) is 0 Å². The third-order valence-corrected chi connectivity index (χ3v) is 0. The van der Waals surface area contributed by atoms with E-state index in [2.05, 4.69) is 0 Å². The van der Waals surface area contributed by atoms with Gasteiger partial charge in [0.2, 0.25) is 0 Å². The average Bonchev–Trinajstić information content (AvgIpc) is 0.722. The van der Waals surface area contributed by atoms with E-state index >= 15 is 0 Å². The van der Waals surface area contributed by atoms with Crippen molar-refractivity contribution in [3.8, 4) is 0 Å². The summed E-state index contributed by atoms with van der Waals surface area (Å²) in [5.41, 5.74) is 0. The van der Waals surface area contributed by atoms with Crippen LogP contribution in [-0.4, -0.2) is 26.3 Å². The van der Waals surface area contributed by atoms with E-state index in [0.717, 1.165) is 0 Å². The van der Waals surface area contributed by atoms with Crippen LogP contribution in [0.4, 0.5) is 0 Å². The van der Waals surface area contributed by atoms with Crippen LogP contribution < -0.4 is 24.8 Å². The van der Waals surface area contributed by atoms with Gasteiger partial charge in [0.15, 0.2) is 0 Å². The smallest absolute Gasteiger partial charge is 1.00 e. The zero-order valence-electron chi connectivity index (χ0n) is 3.47. The molecule has 0 fully saturated rings. The Labute approximate surface area is 96.5 Å². The van der Waals surface area contributed by atoms with Gasteiger partial charge >= 0.3 is 23.1 Å². The average molecular weight is 249 g/mol. The quantitative estimate of drug-likeness (QED) is 0.305. The third kappa shape index (κ3) is 76.3. The molecular weight excluding hydrogens is 249 g/mol. The predicted octanol–water partition coefficient (Wildman–Crippen LogP) is -3.82. The van der Waals surface area contributed by atoms with Gasteiger partial charge in [0, 0.05) is 0 Å². The van der Waals surface area contributed by atoms with Crippen molar-refractivity contribution in [2.75, 3.05) is 0 Å². The Balaban J connectivity index is -0.0000000267. The van der Waals surface area contributed by atoms with Crippen molar-refractivity contribution in [1.29, 1.82) is 0 Å². The maximum absolute atomic E-state index is 4.83. The number of halogens is 6. The molecule has 0 rings (SSSR count). The van der Waals surface area contributed by atoms with E-state index in [1.54, 1.807) is 0 Å². The largest absolute Gasteiger partial charge is 2.00 e. The van der Waals surface area contributed by atoms with E-state index in [1.165, 1.54) is 0 Å². The second kappa shape index (κ2) is 9.51. The predicted molar refractivity (Wildman–Crippen MR) is 31.9 cm³/mol. The van der Waals surface area contributed by atoms with E-state index < -0.39 is 3.25 Å². The fourth-order valence-electron chi connectivity index (χ4n) is 0. The first-order chi connectivity index (χ1) is 2.00. The van der Waals surface area contributed by atoms with Crippen molar-refractivity contribution in [1.82, 2.24) is 0 Å². The van der Waals surface area contributed by atoms with E-state index in [9.17, 15) is 0 Å². The molecule has 0 atom stereocenters. The first-order valence-corrected chi connectivity index (χ1v) is 2.27. The van der Waals surface area contributed by atoms with Gasteiger partial charge in [-0.25, -0.2) is 0 Å². The molecule has 0 heterocycles. The molecule has 8 heavy (non-hydrogen) atoms. The monoisotopic (exact) mass is 246 g/mol. The van der Waals surface area contributed by atoms with Crippen LogP contribution in [0.15, 0.2) is 0 Å². The van der Waals surface area contributed by atoms with Crippen molar-refractivity contribution >= 4 is 69.5 Å². The Kier molecular flexibility index (Phi) is 26.7. The van der Waals surface area contributed by atoms with E-state index in [-0.39, 0.29) is 47.9 Å². The first kappa shape index (κ1) is 22.4. The maximum Gasteiger partial charge on any atom is 2.00 e. The van der Waals surface area contributed by atoms with E-state index in [4.69, 9.17) is 46.4 Å². The Hall–Kier alpha value is 2.51. The van der Waals surface area contributed by atoms with Crippen molar-refractivity contribution in [3.05, 3.63) is 0 Å². The zero-order valence-corrected chi connectivity index (χ0v) is 9.42. The molecule has 7 heteroatoms. The van der Waals surface area contributed by atoms with E-state index in [1.807, 2.05) is 0 Å². The van der Waals surface area contributed by atoms with Crippen LogP contribution in [0.25, 0.3) is 0 Å². The van der Waals surface area contributed by atoms with Crippen LogP contribution in [0.2, 0.25) is 0 Å². The summed E-state index contributed by atoms with van der Waals surface area (Å²) in [5, 5.41) is 0. The normalized spacial score (nSPS) is 7.50. The number of hydrogen-bond donors (Lipinski definition) is 0. The molecule has 0 aromatic rings. The molecule has 0 unspecified atom stereocenters. The van der Waals surface area contributed by atoms with Gasteiger partial charge in [-0.15, -0.1) is 0 Å². The molecule has 0 radical (unpaired) electrons. The molecule has 48 valence electrons. The van der Waals surface area contributed by atoms with Gasteiger partial charge in [-0.3, -0.25) is 0 Å². The second-order valence-corrected chi connectivity index (χ2v) is 3.86. The number of rotatable bonds is 0. The second-order valence-electron chi connectivity index (χ2n) is 0.429. The standard InChI is InChI=1S/CCl4.2ClH.Mg/c2-1(3,4)5;;;/h;2*1H;/q;;;+2/p-2. The molecule has 0 bridgehead atoms. The van der Waals surface area contributed by atoms with E-state index in [0.29, 0.717) is 0 Å². The summed E-state index contributed by atoms with van der Waals surface area (Å²) >= 11 is 19.3. The fraction of sp³-hybridized carbons (Fsp3) is 1.00. The molecule has 0 spiro atoms. The molecule has 0 aliphatic rings. The van der Waals surface area contributed by atoms with Crippen molar-refractivity contribution < 1.29 is 24.8 Å². The molecule has 0 aliphatic carbocycles. The Morgan fingerprint density at radius 2 is 0.750 bits per heavy atom. The minimum atomic E-state index is -1.61. The molecule has 0 nitrogen and oxygen atoms in total. The third-order valence-electron chi connectivity index (χ3n) is 0. The Bertz CT molecular complexity index is 24.0. The molecule has 0 aromatic heterocycles. The van der Waals surface area contributed by atoms with Gasteiger partial charge in [0.25, 0.3) is 3.25 Å². The summed E-state index contributed by atoms with van der Waals surface area (Å²) in [4.78, 5) is 0. The number of hydrogen-bond acceptors (Lipinski definition) is 0. The van der Waals surface area contributed by atoms with Gasteiger partial charge in [0.05, 0.1) is 0 Å². The molecule has 0 aromatic carbocycles. The fourth-order valence-corrected chi connectivity index (χ4v) is 0. The summed E-state index contributed by atoms with van der Waals surface area (Å²) in [7, 11) is 0. The molecule has 0 N–H and O–H groups in total. The molecule has 0 aliphatic heterocycles. The van der Waals surface area contributed by atoms with Crippen LogP contribution >= 0.6 is 46.4 Å². The maximum atomic E-state index is 4.83. The van der Waals surface area contributed by atoms with Crippen molar-refractivity contribution in [2.45, 2.75) is 3.25 Å². The molecule has 0 amide bonds.